The van der Waals surface area contributed by atoms with Crippen LogP contribution in [0.4, 0.5) is 5.95 Å². The van der Waals surface area contributed by atoms with Gasteiger partial charge in [0.1, 0.15) is 0 Å². The van der Waals surface area contributed by atoms with E-state index in [1.807, 2.05) is 23.7 Å². The second-order valence-electron chi connectivity index (χ2n) is 5.30. The van der Waals surface area contributed by atoms with Crippen LogP contribution in [0.1, 0.15) is 6.42 Å². The molecule has 3 heterocycles. The Morgan fingerprint density at radius 3 is 2.84 bits per heavy atom. The van der Waals surface area contributed by atoms with Gasteiger partial charge in [-0.2, -0.15) is 11.3 Å². The third-order valence-corrected chi connectivity index (χ3v) is 4.33. The van der Waals surface area contributed by atoms with Gasteiger partial charge in [0, 0.05) is 38.2 Å². The SMILES string of the molecule is COCCCNc1ncc(-c2ccsc2)c(-c2cccnc2OC)n1. The first-order valence-corrected chi connectivity index (χ1v) is 8.89. The minimum absolute atomic E-state index is 0.544. The molecule has 7 heteroatoms. The lowest BCUT2D eigenvalue weighted by Crippen LogP contribution is -2.08. The van der Waals surface area contributed by atoms with Crippen LogP contribution in [-0.2, 0) is 4.74 Å². The number of anilines is 1. The molecule has 6 nitrogen and oxygen atoms in total. The van der Waals surface area contributed by atoms with Crippen molar-refractivity contribution in [3.63, 3.8) is 0 Å². The molecule has 0 aliphatic heterocycles. The van der Waals surface area contributed by atoms with Crippen molar-refractivity contribution in [2.45, 2.75) is 6.42 Å². The van der Waals surface area contributed by atoms with E-state index >= 15 is 0 Å². The molecule has 0 saturated carbocycles. The monoisotopic (exact) mass is 356 g/mol. The molecule has 0 aromatic carbocycles. The number of hydrogen-bond acceptors (Lipinski definition) is 7. The van der Waals surface area contributed by atoms with E-state index < -0.39 is 0 Å². The van der Waals surface area contributed by atoms with Crippen LogP contribution in [0.2, 0.25) is 0 Å². The van der Waals surface area contributed by atoms with E-state index in [0.29, 0.717) is 18.4 Å². The molecule has 0 fully saturated rings. The van der Waals surface area contributed by atoms with Gasteiger partial charge in [0.2, 0.25) is 11.8 Å². The molecule has 3 rings (SSSR count). The molecule has 0 unspecified atom stereocenters. The summed E-state index contributed by atoms with van der Waals surface area (Å²) in [6.45, 7) is 1.44. The van der Waals surface area contributed by atoms with E-state index in [1.165, 1.54) is 0 Å². The van der Waals surface area contributed by atoms with Gasteiger partial charge in [0.05, 0.1) is 18.4 Å². The van der Waals surface area contributed by atoms with Gasteiger partial charge in [-0.1, -0.05) is 0 Å². The minimum atomic E-state index is 0.544. The number of ether oxygens (including phenoxy) is 2. The largest absolute Gasteiger partial charge is 0.481 e. The molecule has 0 amide bonds. The van der Waals surface area contributed by atoms with Gasteiger partial charge in [0.25, 0.3) is 0 Å². The minimum Gasteiger partial charge on any atom is -0.481 e. The highest BCUT2D eigenvalue weighted by Crippen LogP contribution is 2.35. The third-order valence-electron chi connectivity index (χ3n) is 3.65. The number of nitrogens with one attached hydrogen (secondary N) is 1. The fraction of sp³-hybridized carbons (Fsp3) is 0.278. The summed E-state index contributed by atoms with van der Waals surface area (Å²) >= 11 is 1.64. The number of aromatic nitrogens is 3. The maximum atomic E-state index is 5.42. The average Bonchev–Trinajstić information content (AvgIpc) is 3.19. The lowest BCUT2D eigenvalue weighted by molar-refractivity contribution is 0.197. The Bertz CT molecular complexity index is 809. The number of rotatable bonds is 8. The summed E-state index contributed by atoms with van der Waals surface area (Å²) in [5.74, 6) is 1.12. The fourth-order valence-electron chi connectivity index (χ4n) is 2.45. The van der Waals surface area contributed by atoms with Gasteiger partial charge < -0.3 is 14.8 Å². The standard InChI is InChI=1S/C18H20N4O2S/c1-23-9-4-8-20-18-21-11-15(13-6-10-25-12-13)16(22-18)14-5-3-7-19-17(14)24-2/h3,5-7,10-12H,4,8-9H2,1-2H3,(H,20,21,22). The van der Waals surface area contributed by atoms with Crippen molar-refractivity contribution < 1.29 is 9.47 Å². The lowest BCUT2D eigenvalue weighted by Gasteiger charge is -2.12. The molecule has 130 valence electrons. The van der Waals surface area contributed by atoms with Gasteiger partial charge in [-0.25, -0.2) is 15.0 Å². The fourth-order valence-corrected chi connectivity index (χ4v) is 3.11. The molecule has 3 aromatic rings. The zero-order chi connectivity index (χ0) is 17.5. The predicted molar refractivity (Wildman–Crippen MR) is 100 cm³/mol. The summed E-state index contributed by atoms with van der Waals surface area (Å²) in [5, 5.41) is 7.36. The highest BCUT2D eigenvalue weighted by Gasteiger charge is 2.16. The number of hydrogen-bond donors (Lipinski definition) is 1. The topological polar surface area (TPSA) is 69.2 Å². The van der Waals surface area contributed by atoms with Crippen molar-refractivity contribution in [3.8, 4) is 28.3 Å². The molecule has 0 bridgehead atoms. The molecule has 0 saturated heterocycles. The normalized spacial score (nSPS) is 10.6. The van der Waals surface area contributed by atoms with Gasteiger partial charge in [-0.3, -0.25) is 0 Å². The van der Waals surface area contributed by atoms with Gasteiger partial charge in [-0.15, -0.1) is 0 Å². The van der Waals surface area contributed by atoms with Crippen molar-refractivity contribution in [2.24, 2.45) is 0 Å². The van der Waals surface area contributed by atoms with Crippen molar-refractivity contribution in [1.29, 1.82) is 0 Å². The van der Waals surface area contributed by atoms with E-state index in [2.05, 4.69) is 26.7 Å². The Hall–Kier alpha value is -2.51. The maximum absolute atomic E-state index is 5.42. The zero-order valence-electron chi connectivity index (χ0n) is 14.2. The quantitative estimate of drug-likeness (QED) is 0.620. The van der Waals surface area contributed by atoms with E-state index in [4.69, 9.17) is 14.5 Å². The average molecular weight is 356 g/mol. The molecule has 3 aromatic heterocycles. The number of thiophene rings is 1. The van der Waals surface area contributed by atoms with Crippen LogP contribution in [0.25, 0.3) is 22.4 Å². The third kappa shape index (κ3) is 4.12. The van der Waals surface area contributed by atoms with Crippen LogP contribution in [0.15, 0.2) is 41.4 Å². The molecular formula is C18H20N4O2S. The Morgan fingerprint density at radius 2 is 2.08 bits per heavy atom. The van der Waals surface area contributed by atoms with Crippen LogP contribution in [0, 0.1) is 0 Å². The second kappa shape index (κ2) is 8.55. The van der Waals surface area contributed by atoms with Crippen LogP contribution in [0.5, 0.6) is 5.88 Å². The first-order chi connectivity index (χ1) is 12.3. The van der Waals surface area contributed by atoms with E-state index in [0.717, 1.165) is 35.3 Å². The molecule has 25 heavy (non-hydrogen) atoms. The smallest absolute Gasteiger partial charge is 0.223 e. The predicted octanol–water partition coefficient (Wildman–Crippen LogP) is 3.72. The Kier molecular flexibility index (Phi) is 5.92. The Labute approximate surface area is 150 Å². The summed E-state index contributed by atoms with van der Waals surface area (Å²) in [6, 6.07) is 5.89. The number of pyridine rings is 1. The number of nitrogens with zero attached hydrogens (tertiary/aromatic N) is 3. The summed E-state index contributed by atoms with van der Waals surface area (Å²) < 4.78 is 10.5. The first-order valence-electron chi connectivity index (χ1n) is 7.95. The van der Waals surface area contributed by atoms with Crippen LogP contribution in [0.3, 0.4) is 0 Å². The molecule has 1 N–H and O–H groups in total. The summed E-state index contributed by atoms with van der Waals surface area (Å²) in [5.41, 5.74) is 3.67. The summed E-state index contributed by atoms with van der Waals surface area (Å²) in [6.07, 6.45) is 4.44. The van der Waals surface area contributed by atoms with Crippen molar-refractivity contribution >= 4 is 17.3 Å². The maximum Gasteiger partial charge on any atom is 0.223 e. The highest BCUT2D eigenvalue weighted by atomic mass is 32.1. The summed E-state index contributed by atoms with van der Waals surface area (Å²) in [7, 11) is 3.31. The van der Waals surface area contributed by atoms with Crippen molar-refractivity contribution in [2.75, 3.05) is 32.7 Å². The Balaban J connectivity index is 1.99. The van der Waals surface area contributed by atoms with Crippen molar-refractivity contribution in [3.05, 3.63) is 41.4 Å². The molecule has 0 atom stereocenters. The van der Waals surface area contributed by atoms with Crippen molar-refractivity contribution in [1.82, 2.24) is 15.0 Å². The van der Waals surface area contributed by atoms with E-state index in [-0.39, 0.29) is 0 Å². The second-order valence-corrected chi connectivity index (χ2v) is 6.08. The van der Waals surface area contributed by atoms with Crippen LogP contribution in [-0.4, -0.2) is 42.3 Å². The molecule has 0 aliphatic carbocycles. The number of methoxy groups -OCH3 is 2. The van der Waals surface area contributed by atoms with Crippen LogP contribution >= 0.6 is 11.3 Å². The molecule has 0 radical (unpaired) electrons. The lowest BCUT2D eigenvalue weighted by atomic mass is 10.0. The first kappa shape index (κ1) is 17.3. The van der Waals surface area contributed by atoms with E-state index in [1.54, 1.807) is 31.8 Å². The van der Waals surface area contributed by atoms with Gasteiger partial charge in [-0.05, 0) is 40.9 Å². The zero-order valence-corrected chi connectivity index (χ0v) is 15.0. The highest BCUT2D eigenvalue weighted by molar-refractivity contribution is 7.08. The Morgan fingerprint density at radius 1 is 1.16 bits per heavy atom. The van der Waals surface area contributed by atoms with Crippen LogP contribution < -0.4 is 10.1 Å². The molecule has 0 spiro atoms. The molecule has 0 aliphatic rings. The van der Waals surface area contributed by atoms with Gasteiger partial charge >= 0.3 is 0 Å². The van der Waals surface area contributed by atoms with E-state index in [9.17, 15) is 0 Å². The molecular weight excluding hydrogens is 336 g/mol. The summed E-state index contributed by atoms with van der Waals surface area (Å²) in [4.78, 5) is 13.5. The van der Waals surface area contributed by atoms with Gasteiger partial charge in [0.15, 0.2) is 0 Å².